The van der Waals surface area contributed by atoms with Crippen molar-refractivity contribution in [1.29, 1.82) is 0 Å². The minimum atomic E-state index is -4.38. The van der Waals surface area contributed by atoms with Crippen LogP contribution in [-0.4, -0.2) is 22.6 Å². The largest absolute Gasteiger partial charge is 0.391 e. The minimum Gasteiger partial charge on any atom is -0.346 e. The second-order valence-electron chi connectivity index (χ2n) is 7.15. The van der Waals surface area contributed by atoms with Gasteiger partial charge in [0.25, 0.3) is 5.91 Å². The Bertz CT molecular complexity index is 789. The molecule has 6 heteroatoms. The molecule has 1 heterocycles. The summed E-state index contributed by atoms with van der Waals surface area (Å²) < 4.78 is 39.4. The van der Waals surface area contributed by atoms with Crippen LogP contribution in [-0.2, 0) is 19.3 Å². The van der Waals surface area contributed by atoms with Gasteiger partial charge in [-0.15, -0.1) is 0 Å². The van der Waals surface area contributed by atoms with Gasteiger partial charge in [-0.05, 0) is 49.8 Å². The summed E-state index contributed by atoms with van der Waals surface area (Å²) in [6, 6.07) is 10.6. The van der Waals surface area contributed by atoms with Crippen LogP contribution < -0.4 is 5.32 Å². The molecule has 1 amide bonds. The second kappa shape index (κ2) is 7.09. The van der Waals surface area contributed by atoms with E-state index >= 15 is 0 Å². The molecule has 2 aromatic rings. The van der Waals surface area contributed by atoms with Crippen molar-refractivity contribution in [3.05, 3.63) is 65.0 Å². The van der Waals surface area contributed by atoms with Crippen LogP contribution in [0.15, 0.2) is 42.6 Å². The van der Waals surface area contributed by atoms with Crippen LogP contribution in [0.4, 0.5) is 13.2 Å². The Morgan fingerprint density at radius 3 is 2.62 bits per heavy atom. The average molecular weight is 362 g/mol. The number of carbonyl (C=O) groups excluding carboxylic acids is 1. The van der Waals surface area contributed by atoms with E-state index in [1.165, 1.54) is 13.1 Å². The maximum absolute atomic E-state index is 13.1. The molecule has 1 aliphatic carbocycles. The Labute approximate surface area is 150 Å². The summed E-state index contributed by atoms with van der Waals surface area (Å²) in [4.78, 5) is 16.9. The number of alkyl halides is 3. The van der Waals surface area contributed by atoms with Gasteiger partial charge in [-0.25, -0.2) is 0 Å². The lowest BCUT2D eigenvalue weighted by Gasteiger charge is -2.32. The third kappa shape index (κ3) is 4.62. The number of aryl methyl sites for hydroxylation is 2. The Hall–Kier alpha value is -2.37. The van der Waals surface area contributed by atoms with Gasteiger partial charge >= 0.3 is 6.18 Å². The maximum atomic E-state index is 13.1. The molecule has 138 valence electrons. The van der Waals surface area contributed by atoms with Crippen LogP contribution in [0.3, 0.4) is 0 Å². The van der Waals surface area contributed by atoms with Gasteiger partial charge < -0.3 is 5.32 Å². The number of amides is 1. The van der Waals surface area contributed by atoms with E-state index in [9.17, 15) is 18.0 Å². The molecular formula is C20H21F3N2O. The van der Waals surface area contributed by atoms with Crippen LogP contribution in [0.2, 0.25) is 0 Å². The summed E-state index contributed by atoms with van der Waals surface area (Å²) in [6.45, 7) is 1.44. The summed E-state index contributed by atoms with van der Waals surface area (Å²) in [6.07, 6.45) is -1.20. The molecule has 1 unspecified atom stereocenters. The first kappa shape index (κ1) is 18.4. The quantitative estimate of drug-likeness (QED) is 0.864. The summed E-state index contributed by atoms with van der Waals surface area (Å²) in [5.74, 6) is -0.519. The Morgan fingerprint density at radius 1 is 1.19 bits per heavy atom. The van der Waals surface area contributed by atoms with E-state index in [1.54, 1.807) is 36.4 Å². The molecule has 1 atom stereocenters. The van der Waals surface area contributed by atoms with E-state index in [4.69, 9.17) is 0 Å². The standard InChI is InChI=1S/C20H21F3N2O/c1-19(13-20(21,22)23,11-14-6-3-2-4-7-14)25-18(26)16-10-15-8-5-9-17(15)24-12-16/h2-4,6-7,10,12H,5,8-9,11,13H2,1H3,(H,25,26). The number of carbonyl (C=O) groups is 1. The Kier molecular flexibility index (Phi) is 5.03. The molecule has 0 bridgehead atoms. The van der Waals surface area contributed by atoms with Crippen LogP contribution in [0.5, 0.6) is 0 Å². The van der Waals surface area contributed by atoms with Crippen molar-refractivity contribution in [2.45, 2.75) is 50.7 Å². The van der Waals surface area contributed by atoms with Gasteiger partial charge in [-0.2, -0.15) is 13.2 Å². The monoisotopic (exact) mass is 362 g/mol. The molecule has 0 saturated heterocycles. The maximum Gasteiger partial charge on any atom is 0.391 e. The van der Waals surface area contributed by atoms with Crippen LogP contribution in [0.25, 0.3) is 0 Å². The van der Waals surface area contributed by atoms with Gasteiger partial charge in [-0.3, -0.25) is 9.78 Å². The molecule has 1 aliphatic rings. The molecule has 1 aromatic carbocycles. The lowest BCUT2D eigenvalue weighted by molar-refractivity contribution is -0.147. The van der Waals surface area contributed by atoms with Gasteiger partial charge in [0.1, 0.15) is 0 Å². The number of hydrogen-bond acceptors (Lipinski definition) is 2. The Balaban J connectivity index is 1.81. The molecule has 0 aliphatic heterocycles. The molecule has 0 saturated carbocycles. The summed E-state index contributed by atoms with van der Waals surface area (Å²) >= 11 is 0. The Morgan fingerprint density at radius 2 is 1.92 bits per heavy atom. The molecule has 1 aromatic heterocycles. The van der Waals surface area contributed by atoms with Gasteiger partial charge in [0.2, 0.25) is 0 Å². The summed E-state index contributed by atoms with van der Waals surface area (Å²) in [7, 11) is 0. The molecule has 26 heavy (non-hydrogen) atoms. The van der Waals surface area contributed by atoms with Gasteiger partial charge in [0.15, 0.2) is 0 Å². The highest BCUT2D eigenvalue weighted by Gasteiger charge is 2.40. The van der Waals surface area contributed by atoms with Crippen molar-refractivity contribution in [3.63, 3.8) is 0 Å². The van der Waals surface area contributed by atoms with Crippen LogP contribution in [0.1, 0.15) is 46.9 Å². The lowest BCUT2D eigenvalue weighted by Crippen LogP contribution is -2.50. The first-order chi connectivity index (χ1) is 12.2. The lowest BCUT2D eigenvalue weighted by atomic mass is 9.88. The summed E-state index contributed by atoms with van der Waals surface area (Å²) in [5.41, 5.74) is 1.61. The summed E-state index contributed by atoms with van der Waals surface area (Å²) in [5, 5.41) is 2.61. The number of halogens is 3. The van der Waals surface area contributed by atoms with Gasteiger partial charge in [0.05, 0.1) is 17.5 Å². The number of nitrogens with zero attached hydrogens (tertiary/aromatic N) is 1. The van der Waals surface area contributed by atoms with Crippen molar-refractivity contribution in [2.75, 3.05) is 0 Å². The van der Waals surface area contributed by atoms with Crippen molar-refractivity contribution in [3.8, 4) is 0 Å². The number of aromatic nitrogens is 1. The molecule has 3 rings (SSSR count). The van der Waals surface area contributed by atoms with Gasteiger partial charge in [0, 0.05) is 11.9 Å². The third-order valence-electron chi connectivity index (χ3n) is 4.62. The smallest absolute Gasteiger partial charge is 0.346 e. The molecule has 0 fully saturated rings. The number of hydrogen-bond donors (Lipinski definition) is 1. The van der Waals surface area contributed by atoms with Crippen LogP contribution >= 0.6 is 0 Å². The van der Waals surface area contributed by atoms with Crippen molar-refractivity contribution >= 4 is 5.91 Å². The first-order valence-electron chi connectivity index (χ1n) is 8.65. The minimum absolute atomic E-state index is 0.0947. The van der Waals surface area contributed by atoms with E-state index in [0.717, 1.165) is 36.1 Å². The zero-order valence-corrected chi connectivity index (χ0v) is 14.6. The van der Waals surface area contributed by atoms with E-state index < -0.39 is 24.0 Å². The highest BCUT2D eigenvalue weighted by atomic mass is 19.4. The fraction of sp³-hybridized carbons (Fsp3) is 0.400. The van der Waals surface area contributed by atoms with E-state index in [1.807, 2.05) is 0 Å². The first-order valence-corrected chi connectivity index (χ1v) is 8.65. The number of rotatable bonds is 5. The molecule has 3 nitrogen and oxygen atoms in total. The predicted molar refractivity (Wildman–Crippen MR) is 93.0 cm³/mol. The zero-order chi connectivity index (χ0) is 18.8. The predicted octanol–water partition coefficient (Wildman–Crippen LogP) is 4.25. The average Bonchev–Trinajstić information content (AvgIpc) is 3.01. The van der Waals surface area contributed by atoms with Crippen molar-refractivity contribution in [1.82, 2.24) is 10.3 Å². The van der Waals surface area contributed by atoms with E-state index in [2.05, 4.69) is 10.3 Å². The SMILES string of the molecule is CC(Cc1ccccc1)(CC(F)(F)F)NC(=O)c1cnc2c(c1)CCC2. The third-order valence-corrected chi connectivity index (χ3v) is 4.62. The second-order valence-corrected chi connectivity index (χ2v) is 7.15. The highest BCUT2D eigenvalue weighted by Crippen LogP contribution is 2.30. The van der Waals surface area contributed by atoms with Gasteiger partial charge in [-0.1, -0.05) is 30.3 Å². The molecule has 1 N–H and O–H groups in total. The van der Waals surface area contributed by atoms with E-state index in [0.29, 0.717) is 5.56 Å². The fourth-order valence-corrected chi connectivity index (χ4v) is 3.54. The van der Waals surface area contributed by atoms with Crippen LogP contribution in [0, 0.1) is 0 Å². The normalized spacial score (nSPS) is 16.0. The highest BCUT2D eigenvalue weighted by molar-refractivity contribution is 5.94. The topological polar surface area (TPSA) is 42.0 Å². The number of pyridine rings is 1. The number of nitrogens with one attached hydrogen (secondary N) is 1. The van der Waals surface area contributed by atoms with E-state index in [-0.39, 0.29) is 6.42 Å². The number of benzene rings is 1. The van der Waals surface area contributed by atoms with Crippen molar-refractivity contribution in [2.24, 2.45) is 0 Å². The van der Waals surface area contributed by atoms with Crippen molar-refractivity contribution < 1.29 is 18.0 Å². The zero-order valence-electron chi connectivity index (χ0n) is 14.6. The number of fused-ring (bicyclic) bond motifs is 1. The fourth-order valence-electron chi connectivity index (χ4n) is 3.54. The molecule has 0 radical (unpaired) electrons. The molecule has 0 spiro atoms. The molecular weight excluding hydrogens is 341 g/mol.